The van der Waals surface area contributed by atoms with Crippen LogP contribution in [0.15, 0.2) is 224 Å². The topological polar surface area (TPSA) is 63.1 Å². The van der Waals surface area contributed by atoms with Crippen molar-refractivity contribution in [1.29, 1.82) is 0 Å². The summed E-state index contributed by atoms with van der Waals surface area (Å²) in [7, 11) is 0. The summed E-state index contributed by atoms with van der Waals surface area (Å²) in [5.74, 6) is -0.0831. The minimum Gasteiger partial charge on any atom is -0.512 e. The molecule has 0 fully saturated rings. The van der Waals surface area contributed by atoms with Gasteiger partial charge in [-0.2, -0.15) is 0 Å². The Kier molecular flexibility index (Phi) is 12.2. The van der Waals surface area contributed by atoms with E-state index in [4.69, 9.17) is 9.97 Å². The molecule has 2 aromatic heterocycles. The molecule has 0 spiro atoms. The predicted molar refractivity (Wildman–Crippen MR) is 282 cm³/mol. The van der Waals surface area contributed by atoms with E-state index >= 15 is 0 Å². The van der Waals surface area contributed by atoms with Crippen LogP contribution >= 0.6 is 0 Å². The maximum Gasteiger partial charge on any atom is 0.159 e. The van der Waals surface area contributed by atoms with Gasteiger partial charge in [-0.1, -0.05) is 170 Å². The Hall–Kier alpha value is -8.47. The summed E-state index contributed by atoms with van der Waals surface area (Å²) in [5.41, 5.74) is 21.4. The van der Waals surface area contributed by atoms with Gasteiger partial charge in [-0.25, -0.2) is 4.98 Å². The van der Waals surface area contributed by atoms with E-state index in [1.165, 1.54) is 24.1 Å². The van der Waals surface area contributed by atoms with E-state index in [0.29, 0.717) is 6.42 Å². The second-order valence-electron chi connectivity index (χ2n) is 17.5. The maximum atomic E-state index is 13.0. The lowest BCUT2D eigenvalue weighted by Gasteiger charge is -2.20. The van der Waals surface area contributed by atoms with Gasteiger partial charge in [0.1, 0.15) is 0 Å². The van der Waals surface area contributed by atoms with Crippen LogP contribution < -0.4 is 0 Å². The number of rotatable bonds is 12. The number of aliphatic hydroxyl groups is 1. The summed E-state index contributed by atoms with van der Waals surface area (Å²) >= 11 is 0. The summed E-state index contributed by atoms with van der Waals surface area (Å²) in [5, 5.41) is 11.0. The number of para-hydroxylation sites is 1. The Morgan fingerprint density at radius 3 is 1.65 bits per heavy atom. The first-order valence-corrected chi connectivity index (χ1v) is 23.2. The summed E-state index contributed by atoms with van der Waals surface area (Å²) in [6.07, 6.45) is 4.17. The monoisotopic (exact) mass is 878 g/mol. The molecule has 2 heterocycles. The van der Waals surface area contributed by atoms with Crippen LogP contribution in [-0.4, -0.2) is 20.9 Å². The van der Waals surface area contributed by atoms with Gasteiger partial charge in [-0.05, 0) is 141 Å². The first-order valence-electron chi connectivity index (χ1n) is 23.2. The number of nitrogens with zero attached hydrogens (tertiary/aromatic N) is 2. The van der Waals surface area contributed by atoms with Gasteiger partial charge in [0.15, 0.2) is 5.78 Å². The van der Waals surface area contributed by atoms with Crippen molar-refractivity contribution in [3.63, 3.8) is 0 Å². The smallest absolute Gasteiger partial charge is 0.159 e. The molecule has 328 valence electrons. The van der Waals surface area contributed by atoms with Gasteiger partial charge >= 0.3 is 0 Å². The molecule has 0 aliphatic heterocycles. The van der Waals surface area contributed by atoms with Crippen LogP contribution in [0.3, 0.4) is 0 Å². The van der Waals surface area contributed by atoms with Crippen molar-refractivity contribution < 1.29 is 9.90 Å². The summed E-state index contributed by atoms with van der Waals surface area (Å²) in [6, 6.07) is 73.0. The highest BCUT2D eigenvalue weighted by molar-refractivity contribution is 5.96. The van der Waals surface area contributed by atoms with Crippen LogP contribution in [-0.2, 0) is 11.2 Å². The quantitative estimate of drug-likeness (QED) is 0.0981. The Bertz CT molecular complexity index is 3500. The second-order valence-corrected chi connectivity index (χ2v) is 17.5. The third-order valence-corrected chi connectivity index (χ3v) is 12.9. The number of benzene rings is 8. The van der Waals surface area contributed by atoms with Crippen LogP contribution in [0.2, 0.25) is 0 Å². The van der Waals surface area contributed by atoms with Crippen LogP contribution in [0, 0.1) is 13.8 Å². The molecule has 0 unspecified atom stereocenters. The molecule has 4 heteroatoms. The number of aromatic nitrogens is 2. The zero-order valence-electron chi connectivity index (χ0n) is 38.4. The van der Waals surface area contributed by atoms with E-state index in [0.717, 1.165) is 106 Å². The van der Waals surface area contributed by atoms with Crippen LogP contribution in [0.25, 0.3) is 100 Å². The fourth-order valence-corrected chi connectivity index (χ4v) is 9.31. The predicted octanol–water partition coefficient (Wildman–Crippen LogP) is 16.5. The molecular formula is C64H50N2O2. The summed E-state index contributed by atoms with van der Waals surface area (Å²) in [6.45, 7) is 5.81. The molecule has 8 aromatic carbocycles. The van der Waals surface area contributed by atoms with Crippen molar-refractivity contribution in [1.82, 2.24) is 9.97 Å². The Labute approximate surface area is 398 Å². The van der Waals surface area contributed by atoms with Gasteiger partial charge in [-0.15, -0.1) is 0 Å². The van der Waals surface area contributed by atoms with Crippen molar-refractivity contribution >= 4 is 16.7 Å². The molecule has 0 radical (unpaired) electrons. The molecule has 10 rings (SSSR count). The molecule has 4 nitrogen and oxygen atoms in total. The minimum absolute atomic E-state index is 0.0188. The summed E-state index contributed by atoms with van der Waals surface area (Å²) in [4.78, 5) is 23.1. The third kappa shape index (κ3) is 9.18. The normalized spacial score (nSPS) is 11.5. The highest BCUT2D eigenvalue weighted by Crippen LogP contribution is 2.44. The highest BCUT2D eigenvalue weighted by atomic mass is 16.3. The number of fused-ring (bicyclic) bond motifs is 1. The van der Waals surface area contributed by atoms with Crippen molar-refractivity contribution in [2.45, 2.75) is 33.6 Å². The Balaban J connectivity index is 1.15. The third-order valence-electron chi connectivity index (χ3n) is 12.9. The molecule has 0 saturated heterocycles. The van der Waals surface area contributed by atoms with Crippen LogP contribution in [0.4, 0.5) is 0 Å². The molecule has 0 aliphatic carbocycles. The molecule has 68 heavy (non-hydrogen) atoms. The Morgan fingerprint density at radius 2 is 0.971 bits per heavy atom. The molecule has 0 atom stereocenters. The van der Waals surface area contributed by atoms with E-state index in [1.807, 2.05) is 24.4 Å². The first kappa shape index (κ1) is 43.4. The number of hydrogen-bond donors (Lipinski definition) is 1. The molecule has 1 N–H and O–H groups in total. The van der Waals surface area contributed by atoms with E-state index < -0.39 is 0 Å². The number of aryl methyl sites for hydroxylation is 3. The van der Waals surface area contributed by atoms with Gasteiger partial charge in [0.2, 0.25) is 0 Å². The van der Waals surface area contributed by atoms with E-state index in [9.17, 15) is 9.90 Å². The minimum atomic E-state index is -0.102. The van der Waals surface area contributed by atoms with Crippen LogP contribution in [0.1, 0.15) is 30.0 Å². The van der Waals surface area contributed by atoms with E-state index in [1.54, 1.807) is 0 Å². The number of allylic oxidation sites excluding steroid dienone is 2. The van der Waals surface area contributed by atoms with Crippen molar-refractivity contribution in [3.8, 4) is 89.3 Å². The zero-order chi connectivity index (χ0) is 46.6. The molecular weight excluding hydrogens is 829 g/mol. The number of carbonyl (C=O) groups excluding carboxylic acids is 1. The van der Waals surface area contributed by atoms with Gasteiger partial charge in [0.05, 0.1) is 22.7 Å². The van der Waals surface area contributed by atoms with Crippen LogP contribution in [0.5, 0.6) is 0 Å². The number of pyridine rings is 2. The van der Waals surface area contributed by atoms with Gasteiger partial charge in [-0.3, -0.25) is 9.78 Å². The molecule has 0 saturated carbocycles. The standard InChI is InChI=1S/C64H50N2O2/c1-42-34-50(30-32-54(68)36-44(3)67)59(35-43(42)2)53-38-51(56-22-12-11-21-55(56)46-26-28-49(29-27-46)63-33-31-48-20-10-15-25-62(48)66-63)37-52(39-53)57-23-13-14-24-58(57)61-41-65-64(47-18-8-5-9-19-47)40-60(61)45-16-6-4-7-17-45/h4-29,31,33-41,67H,30,32H2,1-3H3/b44-36-. The average molecular weight is 879 g/mol. The van der Waals surface area contributed by atoms with Crippen molar-refractivity contribution in [2.75, 3.05) is 0 Å². The van der Waals surface area contributed by atoms with Crippen molar-refractivity contribution in [2.24, 2.45) is 0 Å². The SMILES string of the molecule is C/C(O)=C/C(=O)CCc1cc(C)c(C)cc1-c1cc(-c2ccccc2-c2ccc(-c3ccc4ccccc4n3)cc2)cc(-c2ccccc2-c2cnc(-c3ccccc3)cc2-c2ccccc2)c1. The fourth-order valence-electron chi connectivity index (χ4n) is 9.31. The van der Waals surface area contributed by atoms with E-state index in [2.05, 4.69) is 202 Å². The number of ketones is 1. The highest BCUT2D eigenvalue weighted by Gasteiger charge is 2.19. The largest absolute Gasteiger partial charge is 0.512 e. The number of carbonyl (C=O) groups is 1. The first-order chi connectivity index (χ1) is 33.3. The van der Waals surface area contributed by atoms with E-state index in [-0.39, 0.29) is 18.0 Å². The lowest BCUT2D eigenvalue weighted by Crippen LogP contribution is -2.01. The molecule has 0 bridgehead atoms. The van der Waals surface area contributed by atoms with Crippen molar-refractivity contribution in [3.05, 3.63) is 241 Å². The average Bonchev–Trinajstić information content (AvgIpc) is 3.39. The lowest BCUT2D eigenvalue weighted by molar-refractivity contribution is -0.114. The number of hydrogen-bond acceptors (Lipinski definition) is 4. The molecule has 0 aliphatic rings. The lowest BCUT2D eigenvalue weighted by atomic mass is 9.85. The second kappa shape index (κ2) is 19.2. The summed E-state index contributed by atoms with van der Waals surface area (Å²) < 4.78 is 0. The zero-order valence-corrected chi connectivity index (χ0v) is 38.4. The number of aliphatic hydroxyl groups excluding tert-OH is 1. The van der Waals surface area contributed by atoms with Gasteiger partial charge in [0, 0.05) is 40.8 Å². The van der Waals surface area contributed by atoms with Gasteiger partial charge < -0.3 is 5.11 Å². The fraction of sp³-hybridized carbons (Fsp3) is 0.0781. The Morgan fingerprint density at radius 1 is 0.456 bits per heavy atom. The maximum absolute atomic E-state index is 13.0. The van der Waals surface area contributed by atoms with Gasteiger partial charge in [0.25, 0.3) is 0 Å². The molecule has 10 aromatic rings. The molecule has 0 amide bonds.